The molecule has 82 valence electrons. The quantitative estimate of drug-likeness (QED) is 0.802. The summed E-state index contributed by atoms with van der Waals surface area (Å²) in [5.74, 6) is 0.0179. The Balaban J connectivity index is 2.24. The summed E-state index contributed by atoms with van der Waals surface area (Å²) in [6.45, 7) is 0. The van der Waals surface area contributed by atoms with E-state index in [9.17, 15) is 4.79 Å². The van der Waals surface area contributed by atoms with Gasteiger partial charge in [0.15, 0.2) is 5.78 Å². The summed E-state index contributed by atoms with van der Waals surface area (Å²) in [6, 6.07) is 5.19. The highest BCUT2D eigenvalue weighted by Gasteiger charge is 2.12. The second-order valence-electron chi connectivity index (χ2n) is 3.15. The van der Waals surface area contributed by atoms with Gasteiger partial charge in [0.1, 0.15) is 5.01 Å². The summed E-state index contributed by atoms with van der Waals surface area (Å²) in [5.41, 5.74) is 0.600. The van der Waals surface area contributed by atoms with Crippen LogP contribution in [-0.4, -0.2) is 10.8 Å². The van der Waals surface area contributed by atoms with Gasteiger partial charge in [-0.1, -0.05) is 27.5 Å². The maximum atomic E-state index is 12.0. The van der Waals surface area contributed by atoms with Crippen molar-refractivity contribution in [3.05, 3.63) is 49.8 Å². The zero-order valence-corrected chi connectivity index (χ0v) is 11.3. The lowest BCUT2D eigenvalue weighted by atomic mass is 10.1. The first kappa shape index (κ1) is 11.8. The van der Waals surface area contributed by atoms with Gasteiger partial charge in [0.2, 0.25) is 0 Å². The maximum Gasteiger partial charge on any atom is 0.170 e. The summed E-state index contributed by atoms with van der Waals surface area (Å²) in [7, 11) is 0. The molecular formula is C11H7BrClNOS. The smallest absolute Gasteiger partial charge is 0.170 e. The predicted molar refractivity (Wildman–Crippen MR) is 69.3 cm³/mol. The molecule has 0 fully saturated rings. The summed E-state index contributed by atoms with van der Waals surface area (Å²) in [6.07, 6.45) is 2.01. The van der Waals surface area contributed by atoms with Crippen LogP contribution in [0.4, 0.5) is 0 Å². The second kappa shape index (κ2) is 5.08. The number of ketones is 1. The minimum Gasteiger partial charge on any atom is -0.294 e. The van der Waals surface area contributed by atoms with Crippen LogP contribution in [0.2, 0.25) is 5.02 Å². The van der Waals surface area contributed by atoms with E-state index in [2.05, 4.69) is 20.9 Å². The minimum atomic E-state index is 0.0179. The van der Waals surface area contributed by atoms with Gasteiger partial charge < -0.3 is 0 Å². The Hall–Kier alpha value is -0.710. The van der Waals surface area contributed by atoms with E-state index in [4.69, 9.17) is 11.6 Å². The molecule has 5 heteroatoms. The van der Waals surface area contributed by atoms with E-state index in [1.54, 1.807) is 24.4 Å². The molecule has 0 aliphatic heterocycles. The number of nitrogens with zero attached hydrogens (tertiary/aromatic N) is 1. The van der Waals surface area contributed by atoms with E-state index in [0.29, 0.717) is 17.0 Å². The number of carbonyl (C=O) groups excluding carboxylic acids is 1. The standard InChI is InChI=1S/C11H7BrClNOS/c12-9-2-1-7(13)5-8(9)10(15)6-11-14-3-4-16-11/h1-5H,6H2. The Morgan fingerprint density at radius 1 is 1.50 bits per heavy atom. The fraction of sp³-hybridized carbons (Fsp3) is 0.0909. The first-order chi connectivity index (χ1) is 7.66. The number of aromatic nitrogens is 1. The van der Waals surface area contributed by atoms with E-state index >= 15 is 0 Å². The van der Waals surface area contributed by atoms with Gasteiger partial charge in [0.05, 0.1) is 6.42 Å². The Morgan fingerprint density at radius 2 is 2.31 bits per heavy atom. The number of thiazole rings is 1. The monoisotopic (exact) mass is 315 g/mol. The van der Waals surface area contributed by atoms with Crippen molar-refractivity contribution in [2.45, 2.75) is 6.42 Å². The molecule has 2 aromatic rings. The third-order valence-electron chi connectivity index (χ3n) is 2.02. The largest absolute Gasteiger partial charge is 0.294 e. The maximum absolute atomic E-state index is 12.0. The summed E-state index contributed by atoms with van der Waals surface area (Å²) >= 11 is 10.7. The number of hydrogen-bond acceptors (Lipinski definition) is 3. The zero-order chi connectivity index (χ0) is 11.5. The molecule has 0 radical (unpaired) electrons. The number of halogens is 2. The number of carbonyl (C=O) groups is 1. The lowest BCUT2D eigenvalue weighted by Crippen LogP contribution is -2.04. The molecule has 0 N–H and O–H groups in total. The molecule has 0 spiro atoms. The first-order valence-corrected chi connectivity index (χ1v) is 6.58. The van der Waals surface area contributed by atoms with Crippen molar-refractivity contribution in [3.63, 3.8) is 0 Å². The molecule has 2 rings (SSSR count). The molecule has 1 aromatic heterocycles. The van der Waals surface area contributed by atoms with Gasteiger partial charge in [-0.2, -0.15) is 0 Å². The van der Waals surface area contributed by atoms with Crippen molar-refractivity contribution in [1.29, 1.82) is 0 Å². The van der Waals surface area contributed by atoms with Crippen molar-refractivity contribution in [3.8, 4) is 0 Å². The van der Waals surface area contributed by atoms with Gasteiger partial charge in [-0.25, -0.2) is 4.98 Å². The molecule has 0 aliphatic carbocycles. The molecule has 1 aromatic carbocycles. The third kappa shape index (κ3) is 2.70. The van der Waals surface area contributed by atoms with Gasteiger partial charge in [0.25, 0.3) is 0 Å². The lowest BCUT2D eigenvalue weighted by Gasteiger charge is -2.02. The molecule has 16 heavy (non-hydrogen) atoms. The van der Waals surface area contributed by atoms with Gasteiger partial charge in [-0.3, -0.25) is 4.79 Å². The highest BCUT2D eigenvalue weighted by Crippen LogP contribution is 2.23. The van der Waals surface area contributed by atoms with E-state index < -0.39 is 0 Å². The van der Waals surface area contributed by atoms with Crippen LogP contribution < -0.4 is 0 Å². The van der Waals surface area contributed by atoms with Crippen molar-refractivity contribution >= 4 is 44.7 Å². The number of benzene rings is 1. The normalized spacial score (nSPS) is 10.4. The molecule has 0 amide bonds. The van der Waals surface area contributed by atoms with Crippen molar-refractivity contribution < 1.29 is 4.79 Å². The minimum absolute atomic E-state index is 0.0179. The second-order valence-corrected chi connectivity index (χ2v) is 5.42. The van der Waals surface area contributed by atoms with Crippen LogP contribution >= 0.6 is 38.9 Å². The van der Waals surface area contributed by atoms with Crippen LogP contribution in [0, 0.1) is 0 Å². The summed E-state index contributed by atoms with van der Waals surface area (Å²) < 4.78 is 0.762. The Bertz CT molecular complexity index is 513. The van der Waals surface area contributed by atoms with E-state index in [0.717, 1.165) is 9.48 Å². The average Bonchev–Trinajstić information content (AvgIpc) is 2.74. The van der Waals surface area contributed by atoms with Gasteiger partial charge in [-0.15, -0.1) is 11.3 Å². The summed E-state index contributed by atoms with van der Waals surface area (Å²) in [4.78, 5) is 16.0. The van der Waals surface area contributed by atoms with Crippen LogP contribution in [0.5, 0.6) is 0 Å². The van der Waals surface area contributed by atoms with Crippen LogP contribution in [0.3, 0.4) is 0 Å². The van der Waals surface area contributed by atoms with E-state index in [1.165, 1.54) is 11.3 Å². The van der Waals surface area contributed by atoms with Crippen LogP contribution in [0.1, 0.15) is 15.4 Å². The molecular weight excluding hydrogens is 310 g/mol. The molecule has 0 saturated carbocycles. The zero-order valence-electron chi connectivity index (χ0n) is 8.11. The van der Waals surface area contributed by atoms with Crippen LogP contribution in [0.15, 0.2) is 34.2 Å². The van der Waals surface area contributed by atoms with Crippen LogP contribution in [-0.2, 0) is 6.42 Å². The fourth-order valence-electron chi connectivity index (χ4n) is 1.28. The van der Waals surface area contributed by atoms with Gasteiger partial charge in [-0.05, 0) is 18.2 Å². The first-order valence-electron chi connectivity index (χ1n) is 4.53. The fourth-order valence-corrected chi connectivity index (χ4v) is 2.54. The molecule has 0 atom stereocenters. The highest BCUT2D eigenvalue weighted by atomic mass is 79.9. The molecule has 0 unspecified atom stereocenters. The molecule has 2 nitrogen and oxygen atoms in total. The summed E-state index contributed by atoms with van der Waals surface area (Å²) in [5, 5.41) is 3.23. The van der Waals surface area contributed by atoms with Crippen LogP contribution in [0.25, 0.3) is 0 Å². The topological polar surface area (TPSA) is 30.0 Å². The highest BCUT2D eigenvalue weighted by molar-refractivity contribution is 9.10. The molecule has 0 aliphatic rings. The third-order valence-corrected chi connectivity index (χ3v) is 3.73. The lowest BCUT2D eigenvalue weighted by molar-refractivity contribution is 0.0992. The van der Waals surface area contributed by atoms with Crippen molar-refractivity contribution in [2.24, 2.45) is 0 Å². The van der Waals surface area contributed by atoms with Crippen molar-refractivity contribution in [2.75, 3.05) is 0 Å². The average molecular weight is 317 g/mol. The van der Waals surface area contributed by atoms with Gasteiger partial charge in [0, 0.05) is 26.6 Å². The number of hydrogen-bond donors (Lipinski definition) is 0. The molecule has 1 heterocycles. The molecule has 0 saturated heterocycles. The Kier molecular flexibility index (Phi) is 3.74. The number of Topliss-reactive ketones (excluding diaryl/α,β-unsaturated/α-hetero) is 1. The van der Waals surface area contributed by atoms with Gasteiger partial charge >= 0.3 is 0 Å². The number of rotatable bonds is 3. The Morgan fingerprint density at radius 3 is 3.00 bits per heavy atom. The Labute approximate surface area is 110 Å². The van der Waals surface area contributed by atoms with E-state index in [-0.39, 0.29) is 5.78 Å². The van der Waals surface area contributed by atoms with Crippen molar-refractivity contribution in [1.82, 2.24) is 4.98 Å². The SMILES string of the molecule is O=C(Cc1nccs1)c1cc(Cl)ccc1Br. The predicted octanol–water partition coefficient (Wildman–Crippen LogP) is 3.98. The molecule has 0 bridgehead atoms. The van der Waals surface area contributed by atoms with E-state index in [1.807, 2.05) is 5.38 Å².